The van der Waals surface area contributed by atoms with Crippen LogP contribution in [-0.4, -0.2) is 31.6 Å². The summed E-state index contributed by atoms with van der Waals surface area (Å²) >= 11 is 0. The van der Waals surface area contributed by atoms with E-state index in [1.165, 1.54) is 7.11 Å². The lowest BCUT2D eigenvalue weighted by Gasteiger charge is -2.04. The number of aliphatic hydroxyl groups is 1. The number of aliphatic hydroxyl groups excluding tert-OH is 1. The van der Waals surface area contributed by atoms with Gasteiger partial charge in [0.15, 0.2) is 0 Å². The van der Waals surface area contributed by atoms with Gasteiger partial charge in [-0.25, -0.2) is 0 Å². The van der Waals surface area contributed by atoms with Crippen LogP contribution in [0, 0.1) is 0 Å². The van der Waals surface area contributed by atoms with E-state index < -0.39 is 0 Å². The Bertz CT molecular complexity index is 183. The van der Waals surface area contributed by atoms with Gasteiger partial charge in [0.05, 0.1) is 13.7 Å². The minimum absolute atomic E-state index is 0.121. The van der Waals surface area contributed by atoms with E-state index in [4.69, 9.17) is 9.84 Å². The number of ether oxygens (including phenoxy) is 1. The number of allylic oxidation sites excluding steroid dienone is 2. The minimum atomic E-state index is -0.121. The Morgan fingerprint density at radius 2 is 2.36 bits per heavy atom. The lowest BCUT2D eigenvalue weighted by Crippen LogP contribution is -2.09. The molecule has 0 heterocycles. The van der Waals surface area contributed by atoms with Crippen LogP contribution < -0.4 is 0 Å². The van der Waals surface area contributed by atoms with Crippen LogP contribution in [0.25, 0.3) is 0 Å². The lowest BCUT2D eigenvalue weighted by molar-refractivity contribution is 0.301. The topological polar surface area (TPSA) is 41.8 Å². The molecule has 0 aliphatic carbocycles. The van der Waals surface area contributed by atoms with Crippen LogP contribution in [0.5, 0.6) is 0 Å². The van der Waals surface area contributed by atoms with Crippen LogP contribution in [0.2, 0.25) is 0 Å². The number of hydrogen-bond acceptors (Lipinski definition) is 3. The second-order valence-corrected chi connectivity index (χ2v) is 1.80. The summed E-state index contributed by atoms with van der Waals surface area (Å²) in [7, 11) is 3.12. The zero-order valence-electron chi connectivity index (χ0n) is 6.87. The SMILES string of the molecule is C=C/C=C(/OC)C(CO)=NC. The highest BCUT2D eigenvalue weighted by molar-refractivity contribution is 5.99. The van der Waals surface area contributed by atoms with E-state index >= 15 is 0 Å². The van der Waals surface area contributed by atoms with Gasteiger partial charge in [-0.15, -0.1) is 0 Å². The Morgan fingerprint density at radius 3 is 2.64 bits per heavy atom. The lowest BCUT2D eigenvalue weighted by atomic mass is 10.3. The molecule has 0 saturated carbocycles. The molecule has 62 valence electrons. The molecule has 1 N–H and O–H groups in total. The van der Waals surface area contributed by atoms with Crippen LogP contribution in [0.15, 0.2) is 29.5 Å². The van der Waals surface area contributed by atoms with E-state index in [0.717, 1.165) is 0 Å². The zero-order chi connectivity index (χ0) is 8.69. The molecule has 0 spiro atoms. The molecule has 11 heavy (non-hydrogen) atoms. The molecule has 0 radical (unpaired) electrons. The van der Waals surface area contributed by atoms with Crippen LogP contribution in [0.1, 0.15) is 0 Å². The van der Waals surface area contributed by atoms with Crippen molar-refractivity contribution < 1.29 is 9.84 Å². The number of rotatable bonds is 4. The predicted octanol–water partition coefficient (Wildman–Crippen LogP) is 0.766. The quantitative estimate of drug-likeness (QED) is 0.370. The molecule has 3 heteroatoms. The van der Waals surface area contributed by atoms with E-state index in [1.54, 1.807) is 19.2 Å². The summed E-state index contributed by atoms with van der Waals surface area (Å²) in [6.45, 7) is 3.39. The van der Waals surface area contributed by atoms with Crippen molar-refractivity contribution in [2.45, 2.75) is 0 Å². The first-order valence-corrected chi connectivity index (χ1v) is 3.23. The Balaban J connectivity index is 4.47. The van der Waals surface area contributed by atoms with Crippen molar-refractivity contribution in [2.75, 3.05) is 20.8 Å². The first kappa shape index (κ1) is 9.91. The molecule has 0 amide bonds. The summed E-state index contributed by atoms with van der Waals surface area (Å²) in [5.41, 5.74) is 0.521. The molecule has 0 bridgehead atoms. The van der Waals surface area contributed by atoms with Gasteiger partial charge >= 0.3 is 0 Å². The fourth-order valence-corrected chi connectivity index (χ4v) is 0.648. The number of aliphatic imine (C=N–C) groups is 1. The van der Waals surface area contributed by atoms with Gasteiger partial charge in [0.2, 0.25) is 0 Å². The fraction of sp³-hybridized carbons (Fsp3) is 0.375. The molecule has 0 aliphatic rings. The second kappa shape index (κ2) is 5.68. The van der Waals surface area contributed by atoms with Crippen molar-refractivity contribution in [3.05, 3.63) is 24.5 Å². The van der Waals surface area contributed by atoms with Crippen molar-refractivity contribution >= 4 is 5.71 Å². The number of nitrogens with zero attached hydrogens (tertiary/aromatic N) is 1. The van der Waals surface area contributed by atoms with E-state index in [0.29, 0.717) is 11.5 Å². The van der Waals surface area contributed by atoms with Gasteiger partial charge in [-0.2, -0.15) is 0 Å². The van der Waals surface area contributed by atoms with Crippen molar-refractivity contribution in [3.8, 4) is 0 Å². The van der Waals surface area contributed by atoms with Gasteiger partial charge in [-0.3, -0.25) is 4.99 Å². The Kier molecular flexibility index (Phi) is 5.11. The average Bonchev–Trinajstić information content (AvgIpc) is 2.05. The highest BCUT2D eigenvalue weighted by Crippen LogP contribution is 1.98. The van der Waals surface area contributed by atoms with Crippen LogP contribution in [-0.2, 0) is 4.74 Å². The molecule has 0 saturated heterocycles. The van der Waals surface area contributed by atoms with Crippen LogP contribution >= 0.6 is 0 Å². The first-order valence-electron chi connectivity index (χ1n) is 3.23. The normalized spacial score (nSPS) is 13.0. The summed E-state index contributed by atoms with van der Waals surface area (Å²) in [5.74, 6) is 0.546. The molecular formula is C8H13NO2. The van der Waals surface area contributed by atoms with Gasteiger partial charge < -0.3 is 9.84 Å². The number of methoxy groups -OCH3 is 1. The van der Waals surface area contributed by atoms with Crippen molar-refractivity contribution in [3.63, 3.8) is 0 Å². The fourth-order valence-electron chi connectivity index (χ4n) is 0.648. The van der Waals surface area contributed by atoms with Crippen molar-refractivity contribution in [2.24, 2.45) is 4.99 Å². The van der Waals surface area contributed by atoms with E-state index in [1.807, 2.05) is 0 Å². The largest absolute Gasteiger partial charge is 0.495 e. The molecule has 0 aromatic rings. The maximum absolute atomic E-state index is 8.77. The minimum Gasteiger partial charge on any atom is -0.495 e. The third-order valence-electron chi connectivity index (χ3n) is 1.19. The highest BCUT2D eigenvalue weighted by atomic mass is 16.5. The summed E-state index contributed by atoms with van der Waals surface area (Å²) in [6.07, 6.45) is 3.23. The average molecular weight is 155 g/mol. The first-order chi connectivity index (χ1) is 5.29. The molecule has 0 unspecified atom stereocenters. The molecule has 0 aromatic carbocycles. The summed E-state index contributed by atoms with van der Waals surface area (Å²) in [5, 5.41) is 8.77. The highest BCUT2D eigenvalue weighted by Gasteiger charge is 2.02. The summed E-state index contributed by atoms with van der Waals surface area (Å²) < 4.78 is 4.93. The van der Waals surface area contributed by atoms with E-state index in [2.05, 4.69) is 11.6 Å². The predicted molar refractivity (Wildman–Crippen MR) is 45.7 cm³/mol. The number of hydrogen-bond donors (Lipinski definition) is 1. The van der Waals surface area contributed by atoms with Gasteiger partial charge in [-0.05, 0) is 6.08 Å². The van der Waals surface area contributed by atoms with Crippen LogP contribution in [0.4, 0.5) is 0 Å². The van der Waals surface area contributed by atoms with Gasteiger partial charge in [0, 0.05) is 7.05 Å². The van der Waals surface area contributed by atoms with Crippen LogP contribution in [0.3, 0.4) is 0 Å². The maximum atomic E-state index is 8.77. The standard InChI is InChI=1S/C8H13NO2/c1-4-5-8(11-3)7(6-10)9-2/h4-5,10H,1,6H2,2-3H3/b8-5+,9-7?. The van der Waals surface area contributed by atoms with E-state index in [-0.39, 0.29) is 6.61 Å². The molecule has 0 rings (SSSR count). The molecule has 0 aliphatic heterocycles. The third kappa shape index (κ3) is 3.00. The molecular weight excluding hydrogens is 142 g/mol. The Hall–Kier alpha value is -1.09. The van der Waals surface area contributed by atoms with Gasteiger partial charge in [0.25, 0.3) is 0 Å². The zero-order valence-corrected chi connectivity index (χ0v) is 6.87. The molecule has 0 fully saturated rings. The summed E-state index contributed by atoms with van der Waals surface area (Å²) in [6, 6.07) is 0. The second-order valence-electron chi connectivity index (χ2n) is 1.80. The third-order valence-corrected chi connectivity index (χ3v) is 1.19. The van der Waals surface area contributed by atoms with Gasteiger partial charge in [0.1, 0.15) is 11.5 Å². The van der Waals surface area contributed by atoms with Crippen molar-refractivity contribution in [1.29, 1.82) is 0 Å². The Labute approximate surface area is 66.7 Å². The van der Waals surface area contributed by atoms with Gasteiger partial charge in [-0.1, -0.05) is 12.7 Å². The smallest absolute Gasteiger partial charge is 0.142 e. The summed E-state index contributed by atoms with van der Waals surface area (Å²) in [4.78, 5) is 3.82. The maximum Gasteiger partial charge on any atom is 0.142 e. The van der Waals surface area contributed by atoms with E-state index in [9.17, 15) is 0 Å². The molecule has 0 atom stereocenters. The van der Waals surface area contributed by atoms with Crippen molar-refractivity contribution in [1.82, 2.24) is 0 Å². The monoisotopic (exact) mass is 155 g/mol. The molecule has 0 aromatic heterocycles. The Morgan fingerprint density at radius 1 is 1.73 bits per heavy atom. The molecule has 3 nitrogen and oxygen atoms in total.